The summed E-state index contributed by atoms with van der Waals surface area (Å²) in [6.07, 6.45) is -4.91. The molecule has 0 spiro atoms. The molecule has 0 unspecified atom stereocenters. The molecule has 2 aromatic heterocycles. The van der Waals surface area contributed by atoms with Gasteiger partial charge < -0.3 is 9.13 Å². The second-order valence-electron chi connectivity index (χ2n) is 18.9. The van der Waals surface area contributed by atoms with Gasteiger partial charge in [-0.3, -0.25) is 0 Å². The monoisotopic (exact) mass is 937 g/mol. The lowest BCUT2D eigenvalue weighted by Gasteiger charge is -2.25. The summed E-state index contributed by atoms with van der Waals surface area (Å²) in [5, 5.41) is 13.5. The molecule has 346 valence electrons. The lowest BCUT2D eigenvalue weighted by Crippen LogP contribution is -2.17. The van der Waals surface area contributed by atoms with Gasteiger partial charge >= 0.3 is 6.18 Å². The van der Waals surface area contributed by atoms with Gasteiger partial charge in [0.2, 0.25) is 0 Å². The highest BCUT2D eigenvalue weighted by molar-refractivity contribution is 6.14. The molecule has 0 saturated carbocycles. The zero-order valence-corrected chi connectivity index (χ0v) is 40.1. The molecule has 12 aromatic rings. The Morgan fingerprint density at radius 1 is 0.361 bits per heavy atom. The van der Waals surface area contributed by atoms with Crippen molar-refractivity contribution in [2.75, 3.05) is 0 Å². The number of nitrogens with zero attached hydrogens (tertiary/aromatic N) is 3. The van der Waals surface area contributed by atoms with E-state index in [-0.39, 0.29) is 11.4 Å². The summed E-state index contributed by atoms with van der Waals surface area (Å²) in [6, 6.07) is 69.6. The number of fused-ring (bicyclic) bond motifs is 6. The van der Waals surface area contributed by atoms with Crippen LogP contribution in [0.4, 0.5) is 13.2 Å². The van der Waals surface area contributed by atoms with Crippen LogP contribution in [0, 0.1) is 39.0 Å². The predicted molar refractivity (Wildman–Crippen MR) is 291 cm³/mol. The van der Waals surface area contributed by atoms with E-state index in [1.165, 1.54) is 0 Å². The maximum atomic E-state index is 17.4. The fraction of sp³-hybridized carbons (Fsp3) is 0.0758. The van der Waals surface area contributed by atoms with Crippen LogP contribution in [0.25, 0.3) is 111 Å². The van der Waals surface area contributed by atoms with Gasteiger partial charge in [-0.1, -0.05) is 164 Å². The zero-order chi connectivity index (χ0) is 49.4. The third-order valence-electron chi connectivity index (χ3n) is 14.6. The molecule has 3 nitrogen and oxygen atoms in total. The van der Waals surface area contributed by atoms with Crippen molar-refractivity contribution in [2.24, 2.45) is 0 Å². The summed E-state index contributed by atoms with van der Waals surface area (Å²) in [6.45, 7) is 8.21. The highest BCUT2D eigenvalue weighted by Gasteiger charge is 2.40. The molecule has 0 saturated heterocycles. The topological polar surface area (TPSA) is 33.6 Å². The molecule has 0 fully saturated rings. The van der Waals surface area contributed by atoms with E-state index in [0.717, 1.165) is 88.3 Å². The smallest absolute Gasteiger partial charge is 0.309 e. The molecule has 6 heteroatoms. The van der Waals surface area contributed by atoms with Crippen LogP contribution in [0.1, 0.15) is 33.4 Å². The zero-order valence-electron chi connectivity index (χ0n) is 40.1. The van der Waals surface area contributed by atoms with Crippen molar-refractivity contribution in [3.8, 4) is 73.1 Å². The van der Waals surface area contributed by atoms with Gasteiger partial charge in [0.05, 0.1) is 45.1 Å². The minimum Gasteiger partial charge on any atom is -0.309 e. The number of halogens is 3. The quantitative estimate of drug-likeness (QED) is 0.157. The molecule has 0 N–H and O–H groups in total. The van der Waals surface area contributed by atoms with Gasteiger partial charge in [0.1, 0.15) is 5.56 Å². The van der Waals surface area contributed by atoms with Gasteiger partial charge in [-0.25, -0.2) is 0 Å². The normalized spacial score (nSPS) is 11.8. The van der Waals surface area contributed by atoms with Crippen molar-refractivity contribution >= 4 is 43.6 Å². The maximum absolute atomic E-state index is 17.4. The molecule has 0 atom stereocenters. The van der Waals surface area contributed by atoms with E-state index in [4.69, 9.17) is 0 Å². The summed E-state index contributed by atoms with van der Waals surface area (Å²) in [7, 11) is 0. The van der Waals surface area contributed by atoms with Crippen molar-refractivity contribution in [1.29, 1.82) is 5.26 Å². The number of hydrogen-bond acceptors (Lipinski definition) is 1. The standard InChI is InChI=1S/C66H46F3N3/c1-40-14-5-9-20-50(40)46-24-28-55-56-29-25-47(51-21-10-6-15-41(51)2)36-61(56)71(60(55)35-46)59-33-32-54(45-19-13-18-44(34-45)39-70)65(64(59)66(67,68)69)72-62-37-48(52-22-11-7-16-42(52)3)26-30-57(62)58-31-27-49(38-63(58)72)53-23-12-8-17-43(53)4/h5-38H,1-4H3. The predicted octanol–water partition coefficient (Wildman–Crippen LogP) is 18.3. The first kappa shape index (κ1) is 44.3. The number of hydrogen-bond donors (Lipinski definition) is 0. The number of benzene rings is 10. The number of alkyl halides is 3. The Kier molecular flexibility index (Phi) is 10.6. The van der Waals surface area contributed by atoms with Gasteiger partial charge in [-0.2, -0.15) is 18.4 Å². The second kappa shape index (κ2) is 17.2. The minimum absolute atomic E-state index is 0.0123. The van der Waals surface area contributed by atoms with Crippen molar-refractivity contribution in [3.05, 3.63) is 240 Å². The van der Waals surface area contributed by atoms with Crippen LogP contribution in [0.15, 0.2) is 206 Å². The first-order valence-electron chi connectivity index (χ1n) is 24.1. The highest BCUT2D eigenvalue weighted by atomic mass is 19.4. The van der Waals surface area contributed by atoms with Gasteiger partial charge in [0, 0.05) is 27.1 Å². The van der Waals surface area contributed by atoms with Gasteiger partial charge in [0.25, 0.3) is 0 Å². The summed E-state index contributed by atoms with van der Waals surface area (Å²) >= 11 is 0. The van der Waals surface area contributed by atoms with E-state index >= 15 is 13.2 Å². The van der Waals surface area contributed by atoms with Crippen molar-refractivity contribution in [1.82, 2.24) is 9.13 Å². The number of rotatable bonds is 7. The third kappa shape index (κ3) is 7.28. The van der Waals surface area contributed by atoms with E-state index in [1.807, 2.05) is 112 Å². The van der Waals surface area contributed by atoms with E-state index in [0.29, 0.717) is 38.8 Å². The largest absolute Gasteiger partial charge is 0.420 e. The lowest BCUT2D eigenvalue weighted by molar-refractivity contribution is -0.137. The molecule has 0 aliphatic carbocycles. The van der Waals surface area contributed by atoms with Crippen LogP contribution in [0.2, 0.25) is 0 Å². The van der Waals surface area contributed by atoms with Crippen LogP contribution in [-0.4, -0.2) is 9.13 Å². The molecule has 0 radical (unpaired) electrons. The van der Waals surface area contributed by atoms with Crippen LogP contribution >= 0.6 is 0 Å². The Morgan fingerprint density at radius 3 is 1.08 bits per heavy atom. The van der Waals surface area contributed by atoms with Crippen molar-refractivity contribution in [2.45, 2.75) is 33.9 Å². The van der Waals surface area contributed by atoms with Gasteiger partial charge in [-0.05, 0) is 142 Å². The third-order valence-corrected chi connectivity index (χ3v) is 14.6. The van der Waals surface area contributed by atoms with E-state index in [9.17, 15) is 5.26 Å². The molecule has 0 bridgehead atoms. The molecule has 0 aliphatic heterocycles. The maximum Gasteiger partial charge on any atom is 0.420 e. The SMILES string of the molecule is Cc1ccccc1-c1ccc2c3ccc(-c4ccccc4C)cc3n(-c3ccc(-c4cccc(C#N)c4)c(-n4c5cc(-c6ccccc6C)ccc5c5ccc(-c6ccccc6C)cc54)c3C(F)(F)F)c2c1. The summed E-state index contributed by atoms with van der Waals surface area (Å²) in [5.74, 6) is 0. The molecule has 12 rings (SSSR count). The molecule has 72 heavy (non-hydrogen) atoms. The number of nitriles is 1. The minimum atomic E-state index is -4.91. The molecular formula is C66H46F3N3. The Morgan fingerprint density at radius 2 is 0.722 bits per heavy atom. The van der Waals surface area contributed by atoms with Gasteiger partial charge in [-0.15, -0.1) is 0 Å². The van der Waals surface area contributed by atoms with Crippen molar-refractivity contribution in [3.63, 3.8) is 0 Å². The Balaban J connectivity index is 1.28. The number of aromatic nitrogens is 2. The molecule has 0 aliphatic rings. The van der Waals surface area contributed by atoms with E-state index in [2.05, 4.69) is 107 Å². The fourth-order valence-corrected chi connectivity index (χ4v) is 11.1. The highest BCUT2D eigenvalue weighted by Crippen LogP contribution is 2.49. The summed E-state index contributed by atoms with van der Waals surface area (Å²) in [5.41, 5.74) is 14.6. The Hall–Kier alpha value is -8.92. The number of aryl methyl sites for hydroxylation is 4. The fourth-order valence-electron chi connectivity index (χ4n) is 11.1. The Labute approximate surface area is 415 Å². The average Bonchev–Trinajstić information content (AvgIpc) is 3.89. The van der Waals surface area contributed by atoms with Gasteiger partial charge in [0.15, 0.2) is 0 Å². The van der Waals surface area contributed by atoms with E-state index in [1.54, 1.807) is 30.3 Å². The average molecular weight is 938 g/mol. The van der Waals surface area contributed by atoms with Crippen LogP contribution in [-0.2, 0) is 6.18 Å². The first-order valence-corrected chi connectivity index (χ1v) is 24.1. The Bertz CT molecular complexity index is 4010. The first-order chi connectivity index (χ1) is 35.0. The van der Waals surface area contributed by atoms with Crippen LogP contribution < -0.4 is 0 Å². The molecule has 10 aromatic carbocycles. The summed E-state index contributed by atoms with van der Waals surface area (Å²) < 4.78 is 56.0. The van der Waals surface area contributed by atoms with E-state index < -0.39 is 11.7 Å². The molecule has 0 amide bonds. The molecular weight excluding hydrogens is 892 g/mol. The second-order valence-corrected chi connectivity index (χ2v) is 18.9. The lowest BCUT2D eigenvalue weighted by atomic mass is 9.95. The van der Waals surface area contributed by atoms with Crippen LogP contribution in [0.5, 0.6) is 0 Å². The molecule has 2 heterocycles. The van der Waals surface area contributed by atoms with Crippen LogP contribution in [0.3, 0.4) is 0 Å². The van der Waals surface area contributed by atoms with Crippen molar-refractivity contribution < 1.29 is 13.2 Å². The summed E-state index contributed by atoms with van der Waals surface area (Å²) in [4.78, 5) is 0.